The number of carbonyl (C=O) groups is 1. The smallest absolute Gasteiger partial charge is 0.410 e. The van der Waals surface area contributed by atoms with Gasteiger partial charge in [-0.3, -0.25) is 0 Å². The minimum atomic E-state index is -0.419. The van der Waals surface area contributed by atoms with Crippen LogP contribution in [-0.2, 0) is 4.74 Å². The van der Waals surface area contributed by atoms with Gasteiger partial charge in [-0.05, 0) is 40.2 Å². The van der Waals surface area contributed by atoms with Gasteiger partial charge in [0.15, 0.2) is 0 Å². The molecule has 1 amide bonds. The van der Waals surface area contributed by atoms with E-state index < -0.39 is 5.60 Å². The molecule has 2 N–H and O–H groups in total. The second-order valence-corrected chi connectivity index (χ2v) is 6.61. The fraction of sp³-hybridized carbons (Fsp3) is 0.800. The topological polar surface area (TPSA) is 53.6 Å². The minimum Gasteiger partial charge on any atom is -0.444 e. The molecule has 1 saturated heterocycles. The summed E-state index contributed by atoms with van der Waals surface area (Å²) in [5, 5.41) is 6.92. The van der Waals surface area contributed by atoms with E-state index in [1.54, 1.807) is 4.90 Å². The summed E-state index contributed by atoms with van der Waals surface area (Å²) in [4.78, 5) is 13.7. The number of hydrogen-bond donors (Lipinski definition) is 2. The minimum absolute atomic E-state index is 0.208. The number of carbonyl (C=O) groups excluding carboxylic acids is 1. The Labute approximate surface area is 121 Å². The highest BCUT2D eigenvalue weighted by Crippen LogP contribution is 2.15. The summed E-state index contributed by atoms with van der Waals surface area (Å²) in [6.45, 7) is 10.2. The molecule has 5 heteroatoms. The third-order valence-corrected chi connectivity index (χ3v) is 3.63. The maximum Gasteiger partial charge on any atom is 0.410 e. The van der Waals surface area contributed by atoms with E-state index >= 15 is 0 Å². The fourth-order valence-electron chi connectivity index (χ4n) is 2.47. The van der Waals surface area contributed by atoms with Crippen LogP contribution in [0.2, 0.25) is 0 Å². The van der Waals surface area contributed by atoms with Crippen molar-refractivity contribution >= 4 is 6.09 Å². The predicted molar refractivity (Wildman–Crippen MR) is 79.8 cm³/mol. The van der Waals surface area contributed by atoms with Crippen molar-refractivity contribution in [2.24, 2.45) is 0 Å². The van der Waals surface area contributed by atoms with E-state index in [1.807, 2.05) is 20.8 Å². The number of rotatable bonds is 3. The van der Waals surface area contributed by atoms with Crippen LogP contribution in [0.5, 0.6) is 0 Å². The van der Waals surface area contributed by atoms with Crippen LogP contribution in [0.25, 0.3) is 0 Å². The number of ether oxygens (including phenoxy) is 1. The van der Waals surface area contributed by atoms with Gasteiger partial charge in [0.05, 0.1) is 0 Å². The molecule has 0 aromatic carbocycles. The van der Waals surface area contributed by atoms with E-state index in [-0.39, 0.29) is 6.09 Å². The summed E-state index contributed by atoms with van der Waals surface area (Å²) in [5.41, 5.74) is 0.981. The molecule has 0 aromatic rings. The van der Waals surface area contributed by atoms with Crippen molar-refractivity contribution in [3.05, 3.63) is 11.6 Å². The Kier molecular flexibility index (Phi) is 5.05. The molecule has 114 valence electrons. The Morgan fingerprint density at radius 3 is 2.90 bits per heavy atom. The van der Waals surface area contributed by atoms with Crippen molar-refractivity contribution in [2.45, 2.75) is 45.3 Å². The highest BCUT2D eigenvalue weighted by molar-refractivity contribution is 5.68. The fourth-order valence-corrected chi connectivity index (χ4v) is 2.47. The van der Waals surface area contributed by atoms with Crippen molar-refractivity contribution in [3.8, 4) is 0 Å². The largest absolute Gasteiger partial charge is 0.444 e. The van der Waals surface area contributed by atoms with Crippen LogP contribution in [-0.4, -0.2) is 55.4 Å². The monoisotopic (exact) mass is 281 g/mol. The van der Waals surface area contributed by atoms with E-state index in [0.717, 1.165) is 32.6 Å². The lowest BCUT2D eigenvalue weighted by Crippen LogP contribution is -2.40. The lowest BCUT2D eigenvalue weighted by Gasteiger charge is -2.29. The molecule has 2 heterocycles. The second-order valence-electron chi connectivity index (χ2n) is 6.61. The summed E-state index contributed by atoms with van der Waals surface area (Å²) in [6, 6.07) is 0.597. The summed E-state index contributed by atoms with van der Waals surface area (Å²) in [6.07, 6.45) is 4.09. The Morgan fingerprint density at radius 1 is 1.55 bits per heavy atom. The zero-order valence-corrected chi connectivity index (χ0v) is 12.9. The number of hydrogen-bond acceptors (Lipinski definition) is 4. The maximum atomic E-state index is 11.9. The highest BCUT2D eigenvalue weighted by Gasteiger charge is 2.23. The molecule has 1 atom stereocenters. The second kappa shape index (κ2) is 6.59. The summed E-state index contributed by atoms with van der Waals surface area (Å²) in [7, 11) is 0. The molecule has 5 nitrogen and oxygen atoms in total. The van der Waals surface area contributed by atoms with Crippen molar-refractivity contribution < 1.29 is 9.53 Å². The molecule has 0 spiro atoms. The third-order valence-electron chi connectivity index (χ3n) is 3.63. The van der Waals surface area contributed by atoms with Crippen LogP contribution in [0.4, 0.5) is 4.79 Å². The van der Waals surface area contributed by atoms with Gasteiger partial charge in [-0.25, -0.2) is 4.79 Å². The molecule has 0 saturated carbocycles. The molecule has 0 bridgehead atoms. The average molecular weight is 281 g/mol. The molecule has 1 unspecified atom stereocenters. The van der Waals surface area contributed by atoms with Crippen molar-refractivity contribution in [3.63, 3.8) is 0 Å². The summed E-state index contributed by atoms with van der Waals surface area (Å²) >= 11 is 0. The van der Waals surface area contributed by atoms with Gasteiger partial charge in [-0.2, -0.15) is 0 Å². The van der Waals surface area contributed by atoms with Gasteiger partial charge in [0.1, 0.15) is 5.60 Å². The third kappa shape index (κ3) is 4.80. The van der Waals surface area contributed by atoms with Crippen LogP contribution in [0, 0.1) is 0 Å². The first-order valence-corrected chi connectivity index (χ1v) is 7.54. The van der Waals surface area contributed by atoms with Gasteiger partial charge in [-0.15, -0.1) is 0 Å². The van der Waals surface area contributed by atoms with E-state index in [2.05, 4.69) is 16.7 Å². The molecular formula is C15H27N3O2. The number of amides is 1. The predicted octanol–water partition coefficient (Wildman–Crippen LogP) is 1.51. The van der Waals surface area contributed by atoms with E-state index in [0.29, 0.717) is 12.6 Å². The highest BCUT2D eigenvalue weighted by atomic mass is 16.6. The van der Waals surface area contributed by atoms with E-state index in [1.165, 1.54) is 12.0 Å². The molecular weight excluding hydrogens is 254 g/mol. The Bertz CT molecular complexity index is 368. The standard InChI is InChI=1S/C15H27N3O2/c1-15(2,3)20-14(19)18-8-5-12(6-9-18)10-17-13-4-7-16-11-13/h5,13,16-17H,4,6-11H2,1-3H3. The van der Waals surface area contributed by atoms with Gasteiger partial charge in [-0.1, -0.05) is 11.6 Å². The molecule has 2 rings (SSSR count). The van der Waals surface area contributed by atoms with Crippen molar-refractivity contribution in [1.29, 1.82) is 0 Å². The lowest BCUT2D eigenvalue weighted by atomic mass is 10.1. The Hall–Kier alpha value is -1.07. The molecule has 2 aliphatic heterocycles. The van der Waals surface area contributed by atoms with E-state index in [9.17, 15) is 4.79 Å². The van der Waals surface area contributed by atoms with Gasteiger partial charge in [0.25, 0.3) is 0 Å². The zero-order chi connectivity index (χ0) is 14.6. The molecule has 2 aliphatic rings. The quantitative estimate of drug-likeness (QED) is 0.770. The number of nitrogens with one attached hydrogen (secondary N) is 2. The van der Waals surface area contributed by atoms with Crippen LogP contribution >= 0.6 is 0 Å². The normalized spacial score (nSPS) is 23.6. The van der Waals surface area contributed by atoms with Gasteiger partial charge in [0.2, 0.25) is 0 Å². The molecule has 0 aliphatic carbocycles. The molecule has 1 fully saturated rings. The van der Waals surface area contributed by atoms with Gasteiger partial charge >= 0.3 is 6.09 Å². The summed E-state index contributed by atoms with van der Waals surface area (Å²) in [5.74, 6) is 0. The maximum absolute atomic E-state index is 11.9. The molecule has 0 aromatic heterocycles. The first kappa shape index (κ1) is 15.3. The Balaban J connectivity index is 1.73. The number of nitrogens with zero attached hydrogens (tertiary/aromatic N) is 1. The van der Waals surface area contributed by atoms with Crippen LogP contribution in [0.3, 0.4) is 0 Å². The first-order valence-electron chi connectivity index (χ1n) is 7.54. The SMILES string of the molecule is CC(C)(C)OC(=O)N1CC=C(CNC2CCNC2)CC1. The van der Waals surface area contributed by atoms with Gasteiger partial charge < -0.3 is 20.3 Å². The zero-order valence-electron chi connectivity index (χ0n) is 12.9. The first-order chi connectivity index (χ1) is 9.44. The van der Waals surface area contributed by atoms with Gasteiger partial charge in [0, 0.05) is 32.2 Å². The Morgan fingerprint density at radius 2 is 2.35 bits per heavy atom. The van der Waals surface area contributed by atoms with Crippen LogP contribution in [0.15, 0.2) is 11.6 Å². The van der Waals surface area contributed by atoms with Crippen LogP contribution in [0.1, 0.15) is 33.6 Å². The van der Waals surface area contributed by atoms with Crippen molar-refractivity contribution in [1.82, 2.24) is 15.5 Å². The lowest BCUT2D eigenvalue weighted by molar-refractivity contribution is 0.0265. The molecule has 20 heavy (non-hydrogen) atoms. The average Bonchev–Trinajstić information content (AvgIpc) is 2.88. The van der Waals surface area contributed by atoms with Crippen molar-refractivity contribution in [2.75, 3.05) is 32.7 Å². The van der Waals surface area contributed by atoms with Crippen LogP contribution < -0.4 is 10.6 Å². The van der Waals surface area contributed by atoms with E-state index in [4.69, 9.17) is 4.74 Å². The summed E-state index contributed by atoms with van der Waals surface area (Å²) < 4.78 is 5.39. The molecule has 0 radical (unpaired) electrons.